The lowest BCUT2D eigenvalue weighted by Crippen LogP contribution is -2.51. The molecule has 0 unspecified atom stereocenters. The summed E-state index contributed by atoms with van der Waals surface area (Å²) in [5, 5.41) is 0. The summed E-state index contributed by atoms with van der Waals surface area (Å²) in [5.74, 6) is 4.89. The molecule has 6 heteroatoms. The third-order valence-corrected chi connectivity index (χ3v) is 14.3. The summed E-state index contributed by atoms with van der Waals surface area (Å²) in [6.45, 7) is 12.6. The highest BCUT2D eigenvalue weighted by molar-refractivity contribution is 14.1. The first-order chi connectivity index (χ1) is 19.4. The predicted molar refractivity (Wildman–Crippen MR) is 193 cm³/mol. The van der Waals surface area contributed by atoms with Gasteiger partial charge in [0.15, 0.2) is 6.79 Å². The zero-order valence-corrected chi connectivity index (χ0v) is 32.1. The largest absolute Gasteiger partial charge is 0.435 e. The van der Waals surface area contributed by atoms with Crippen molar-refractivity contribution in [3.05, 3.63) is 40.1 Å². The second kappa shape index (κ2) is 13.5. The van der Waals surface area contributed by atoms with Gasteiger partial charge in [-0.25, -0.2) is 4.79 Å². The van der Waals surface area contributed by atoms with Gasteiger partial charge in [-0.3, -0.25) is 0 Å². The van der Waals surface area contributed by atoms with Gasteiger partial charge in [-0.2, -0.15) is 0 Å². The number of benzene rings is 1. The van der Waals surface area contributed by atoms with E-state index >= 15 is 0 Å². The topological polar surface area (TPSA) is 35.5 Å². The van der Waals surface area contributed by atoms with Crippen LogP contribution < -0.4 is 0 Å². The number of rotatable bonds is 9. The molecule has 0 saturated heterocycles. The molecule has 0 spiro atoms. The fourth-order valence-corrected chi connectivity index (χ4v) is 13.8. The van der Waals surface area contributed by atoms with Crippen molar-refractivity contribution in [2.45, 2.75) is 111 Å². The van der Waals surface area contributed by atoms with Crippen molar-refractivity contribution in [3.8, 4) is 0 Å². The Morgan fingerprint density at radius 1 is 0.976 bits per heavy atom. The second-order valence-electron chi connectivity index (χ2n) is 14.6. The van der Waals surface area contributed by atoms with E-state index in [1.807, 2.05) is 12.1 Å². The smallest absolute Gasteiger partial charge is 0.342 e. The van der Waals surface area contributed by atoms with Crippen molar-refractivity contribution in [2.75, 3.05) is 6.79 Å². The molecule has 3 fully saturated rings. The van der Waals surface area contributed by atoms with Crippen molar-refractivity contribution >= 4 is 73.7 Å². The highest BCUT2D eigenvalue weighted by Gasteiger charge is 2.59. The number of hydrogen-bond acceptors (Lipinski definition) is 3. The zero-order chi connectivity index (χ0) is 29.5. The number of hydrogen-bond donors (Lipinski definition) is 0. The molecule has 0 heterocycles. The van der Waals surface area contributed by atoms with Gasteiger partial charge in [-0.15, -0.1) is 0 Å². The van der Waals surface area contributed by atoms with Gasteiger partial charge in [0, 0.05) is 10.7 Å². The summed E-state index contributed by atoms with van der Waals surface area (Å²) < 4.78 is 14.8. The number of allylic oxidation sites excluding steroid dienone is 1. The van der Waals surface area contributed by atoms with Crippen LogP contribution in [0, 0.1) is 57.0 Å². The van der Waals surface area contributed by atoms with Crippen LogP contribution in [-0.4, -0.2) is 18.9 Å². The van der Waals surface area contributed by atoms with Crippen molar-refractivity contribution < 1.29 is 14.3 Å². The minimum Gasteiger partial charge on any atom is -0.435 e. The number of carbonyl (C=O) groups excluding carboxylic acids is 1. The fourth-order valence-electron chi connectivity index (χ4n) is 9.79. The average molecular weight is 898 g/mol. The highest BCUT2D eigenvalue weighted by Crippen LogP contribution is 2.67. The fraction of sp³-hybridized carbons (Fsp3) is 0.743. The van der Waals surface area contributed by atoms with E-state index in [1.54, 1.807) is 5.57 Å². The van der Waals surface area contributed by atoms with Crippen LogP contribution in [0.2, 0.25) is 0 Å². The maximum atomic E-state index is 12.8. The predicted octanol–water partition coefficient (Wildman–Crippen LogP) is 11.0. The highest BCUT2D eigenvalue weighted by atomic mass is 127. The number of esters is 1. The van der Waals surface area contributed by atoms with Gasteiger partial charge >= 0.3 is 5.97 Å². The lowest BCUT2D eigenvalue weighted by molar-refractivity contribution is -0.0931. The van der Waals surface area contributed by atoms with Crippen molar-refractivity contribution in [1.29, 1.82) is 0 Å². The van der Waals surface area contributed by atoms with Crippen molar-refractivity contribution in [2.24, 2.45) is 46.3 Å². The Labute approximate surface area is 289 Å². The molecule has 1 aromatic carbocycles. The Morgan fingerprint density at radius 3 is 2.41 bits per heavy atom. The number of fused-ring (bicyclic) bond motifs is 5. The molecule has 0 aromatic heterocycles. The molecule has 3 nitrogen and oxygen atoms in total. The molecular formula is C35H49I3O3. The second-order valence-corrected chi connectivity index (χ2v) is 18.2. The normalized spacial score (nSPS) is 35.3. The van der Waals surface area contributed by atoms with E-state index in [0.29, 0.717) is 16.4 Å². The summed E-state index contributed by atoms with van der Waals surface area (Å²) in [6, 6.07) is 4.03. The molecule has 0 bridgehead atoms. The van der Waals surface area contributed by atoms with Crippen molar-refractivity contribution in [3.63, 3.8) is 0 Å². The molecule has 4 aliphatic carbocycles. The number of ether oxygens (including phenoxy) is 2. The minimum absolute atomic E-state index is 0.0366. The lowest BCUT2D eigenvalue weighted by Gasteiger charge is -2.58. The first-order valence-corrected chi connectivity index (χ1v) is 19.3. The summed E-state index contributed by atoms with van der Waals surface area (Å²) in [5.41, 5.74) is 3.13. The maximum Gasteiger partial charge on any atom is 0.342 e. The van der Waals surface area contributed by atoms with Gasteiger partial charge in [-0.1, -0.05) is 65.5 Å². The van der Waals surface area contributed by atoms with E-state index < -0.39 is 0 Å². The van der Waals surface area contributed by atoms with E-state index in [4.69, 9.17) is 9.47 Å². The van der Waals surface area contributed by atoms with Crippen LogP contribution >= 0.6 is 67.8 Å². The third kappa shape index (κ3) is 6.75. The Balaban J connectivity index is 1.18. The van der Waals surface area contributed by atoms with Gasteiger partial charge in [0.05, 0.1) is 11.7 Å². The van der Waals surface area contributed by atoms with Gasteiger partial charge in [-0.05, 0) is 178 Å². The average Bonchev–Trinajstić information content (AvgIpc) is 3.25. The molecule has 0 radical (unpaired) electrons. The quantitative estimate of drug-likeness (QED) is 0.107. The van der Waals surface area contributed by atoms with Gasteiger partial charge in [0.25, 0.3) is 0 Å². The first kappa shape index (κ1) is 33.0. The summed E-state index contributed by atoms with van der Waals surface area (Å²) in [4.78, 5) is 12.8. The Morgan fingerprint density at radius 2 is 1.71 bits per heavy atom. The molecule has 41 heavy (non-hydrogen) atoms. The molecule has 1 aromatic rings. The van der Waals surface area contributed by atoms with Crippen LogP contribution in [0.4, 0.5) is 0 Å². The molecular weight excluding hydrogens is 849 g/mol. The molecule has 5 rings (SSSR count). The number of carbonyl (C=O) groups is 1. The molecule has 4 aliphatic rings. The molecule has 228 valence electrons. The van der Waals surface area contributed by atoms with Crippen molar-refractivity contribution in [1.82, 2.24) is 0 Å². The summed E-state index contributed by atoms with van der Waals surface area (Å²) >= 11 is 6.72. The maximum absolute atomic E-state index is 12.8. The Hall–Kier alpha value is 0.580. The lowest BCUT2D eigenvalue weighted by atomic mass is 9.47. The molecule has 8 atom stereocenters. The third-order valence-electron chi connectivity index (χ3n) is 12.0. The van der Waals surface area contributed by atoms with E-state index in [-0.39, 0.29) is 18.9 Å². The zero-order valence-electron chi connectivity index (χ0n) is 25.6. The summed E-state index contributed by atoms with van der Waals surface area (Å²) in [6.07, 6.45) is 17.2. The van der Waals surface area contributed by atoms with Crippen LogP contribution in [0.3, 0.4) is 0 Å². The number of halogens is 3. The summed E-state index contributed by atoms with van der Waals surface area (Å²) in [7, 11) is 0. The molecule has 3 saturated carbocycles. The Kier molecular flexibility index (Phi) is 10.9. The standard InChI is InChI=1S/C35H49I3O3/c1-21(2)7-6-8-22(3)27-11-12-28-26-10-9-23-17-25(13-15-34(23,4)29(26)14-16-35(27,28)5)40-20-41-33(39)32-30(37)18-24(36)19-31(32)38/h9,18-19,21-22,25-29H,6-8,10-17,20H2,1-5H3/t22-,25+,26+,27-,28+,29+,34+,35-/m1/s1. The molecule has 0 N–H and O–H groups in total. The van der Waals surface area contributed by atoms with Crippen LogP contribution in [0.5, 0.6) is 0 Å². The van der Waals surface area contributed by atoms with Gasteiger partial charge < -0.3 is 9.47 Å². The molecule has 0 aliphatic heterocycles. The van der Waals surface area contributed by atoms with Crippen LogP contribution in [0.25, 0.3) is 0 Å². The van der Waals surface area contributed by atoms with E-state index in [2.05, 4.69) is 108 Å². The minimum atomic E-state index is -0.287. The van der Waals surface area contributed by atoms with E-state index in [9.17, 15) is 4.79 Å². The van der Waals surface area contributed by atoms with E-state index in [1.165, 1.54) is 57.8 Å². The first-order valence-electron chi connectivity index (χ1n) is 16.1. The monoisotopic (exact) mass is 898 g/mol. The van der Waals surface area contributed by atoms with E-state index in [0.717, 1.165) is 59.1 Å². The van der Waals surface area contributed by atoms with Gasteiger partial charge in [0.2, 0.25) is 0 Å². The van der Waals surface area contributed by atoms with Crippen LogP contribution in [0.1, 0.15) is 116 Å². The molecule has 0 amide bonds. The van der Waals surface area contributed by atoms with Crippen LogP contribution in [-0.2, 0) is 9.47 Å². The SMILES string of the molecule is CC(C)CCC[C@@H](C)[C@H]1CC[C@H]2[C@@H]3CC=C4C[C@@H](OCOC(=O)c5c(I)cc(I)cc5I)CC[C@]4(C)[C@H]3CC[C@]12C. The Bertz CT molecular complexity index is 1120. The van der Waals surface area contributed by atoms with Crippen LogP contribution in [0.15, 0.2) is 23.8 Å². The van der Waals surface area contributed by atoms with Gasteiger partial charge in [0.1, 0.15) is 0 Å².